The molecule has 1 atom stereocenters. The van der Waals surface area contributed by atoms with E-state index in [1.807, 2.05) is 24.4 Å². The van der Waals surface area contributed by atoms with Gasteiger partial charge in [-0.3, -0.25) is 0 Å². The van der Waals surface area contributed by atoms with Crippen LogP contribution in [0, 0.1) is 0 Å². The molecular weight excluding hydrogens is 158 g/mol. The van der Waals surface area contributed by atoms with Crippen molar-refractivity contribution in [3.8, 4) is 0 Å². The average molecular weight is 171 g/mol. The van der Waals surface area contributed by atoms with Crippen LogP contribution in [-0.2, 0) is 0 Å². The summed E-state index contributed by atoms with van der Waals surface area (Å²) in [5, 5.41) is 14.2. The van der Waals surface area contributed by atoms with E-state index in [1.54, 1.807) is 11.3 Å². The van der Waals surface area contributed by atoms with Crippen molar-refractivity contribution in [2.45, 2.75) is 13.0 Å². The molecule has 1 heterocycles. The molecule has 0 aromatic carbocycles. The van der Waals surface area contributed by atoms with Gasteiger partial charge in [0.25, 0.3) is 0 Å². The minimum atomic E-state index is 0.125. The quantitative estimate of drug-likeness (QED) is 0.717. The number of hydrogen-bond donors (Lipinski definition) is 2. The van der Waals surface area contributed by atoms with Gasteiger partial charge in [-0.05, 0) is 18.0 Å². The van der Waals surface area contributed by atoms with Crippen molar-refractivity contribution in [3.63, 3.8) is 0 Å². The summed E-state index contributed by atoms with van der Waals surface area (Å²) in [5.41, 5.74) is 0. The molecular formula is C8H13NOS. The molecule has 62 valence electrons. The summed E-state index contributed by atoms with van der Waals surface area (Å²) < 4.78 is 0. The molecule has 0 radical (unpaired) electrons. The van der Waals surface area contributed by atoms with Gasteiger partial charge >= 0.3 is 0 Å². The lowest BCUT2D eigenvalue weighted by atomic mass is 10.2. The third kappa shape index (κ3) is 2.29. The van der Waals surface area contributed by atoms with E-state index >= 15 is 0 Å². The maximum absolute atomic E-state index is 8.97. The molecule has 0 fully saturated rings. The second-order valence-corrected chi connectivity index (χ2v) is 3.29. The van der Waals surface area contributed by atoms with Crippen molar-refractivity contribution in [2.24, 2.45) is 0 Å². The molecule has 0 aliphatic carbocycles. The number of thiophene rings is 1. The Balaban J connectivity index is 2.56. The van der Waals surface area contributed by atoms with E-state index in [0.717, 1.165) is 6.54 Å². The SMILES string of the molecule is CCNC(CO)c1cccs1. The Bertz CT molecular complexity index is 186. The van der Waals surface area contributed by atoms with Crippen molar-refractivity contribution in [1.82, 2.24) is 5.32 Å². The van der Waals surface area contributed by atoms with Crippen molar-refractivity contribution < 1.29 is 5.11 Å². The zero-order chi connectivity index (χ0) is 8.10. The maximum Gasteiger partial charge on any atom is 0.0649 e. The highest BCUT2D eigenvalue weighted by atomic mass is 32.1. The first-order valence-electron chi connectivity index (χ1n) is 3.76. The monoisotopic (exact) mass is 171 g/mol. The zero-order valence-electron chi connectivity index (χ0n) is 6.58. The summed E-state index contributed by atoms with van der Waals surface area (Å²) in [6.07, 6.45) is 0. The van der Waals surface area contributed by atoms with E-state index in [0.29, 0.717) is 0 Å². The highest BCUT2D eigenvalue weighted by Gasteiger charge is 2.07. The van der Waals surface area contributed by atoms with Crippen LogP contribution in [0.3, 0.4) is 0 Å². The van der Waals surface area contributed by atoms with E-state index < -0.39 is 0 Å². The summed E-state index contributed by atoms with van der Waals surface area (Å²) in [4.78, 5) is 1.20. The lowest BCUT2D eigenvalue weighted by Gasteiger charge is -2.11. The molecule has 0 aliphatic rings. The Labute approximate surface area is 70.9 Å². The molecule has 0 aliphatic heterocycles. The number of hydrogen-bond acceptors (Lipinski definition) is 3. The van der Waals surface area contributed by atoms with E-state index in [2.05, 4.69) is 5.32 Å². The molecule has 1 aromatic rings. The Hall–Kier alpha value is -0.380. The van der Waals surface area contributed by atoms with Crippen LogP contribution in [-0.4, -0.2) is 18.3 Å². The Morgan fingerprint density at radius 1 is 1.73 bits per heavy atom. The molecule has 0 saturated carbocycles. The van der Waals surface area contributed by atoms with Crippen molar-refractivity contribution in [1.29, 1.82) is 0 Å². The number of aliphatic hydroxyl groups is 1. The van der Waals surface area contributed by atoms with Crippen LogP contribution in [0.2, 0.25) is 0 Å². The largest absolute Gasteiger partial charge is 0.394 e. The molecule has 2 N–H and O–H groups in total. The third-order valence-electron chi connectivity index (χ3n) is 1.52. The predicted octanol–water partition coefficient (Wildman–Crippen LogP) is 1.39. The van der Waals surface area contributed by atoms with Gasteiger partial charge in [-0.15, -0.1) is 11.3 Å². The minimum Gasteiger partial charge on any atom is -0.394 e. The molecule has 3 heteroatoms. The maximum atomic E-state index is 8.97. The topological polar surface area (TPSA) is 32.3 Å². The van der Waals surface area contributed by atoms with Gasteiger partial charge < -0.3 is 10.4 Å². The first-order chi connectivity index (χ1) is 5.38. The number of likely N-dealkylation sites (N-methyl/N-ethyl adjacent to an activating group) is 1. The first-order valence-corrected chi connectivity index (χ1v) is 4.64. The van der Waals surface area contributed by atoms with Gasteiger partial charge in [0.1, 0.15) is 0 Å². The molecule has 1 rings (SSSR count). The molecule has 0 amide bonds. The molecule has 0 bridgehead atoms. The summed E-state index contributed by atoms with van der Waals surface area (Å²) in [7, 11) is 0. The molecule has 11 heavy (non-hydrogen) atoms. The summed E-state index contributed by atoms with van der Waals surface area (Å²) in [5.74, 6) is 0. The van der Waals surface area contributed by atoms with Gasteiger partial charge in [0.15, 0.2) is 0 Å². The fourth-order valence-electron chi connectivity index (χ4n) is 0.991. The molecule has 0 spiro atoms. The fraction of sp³-hybridized carbons (Fsp3) is 0.500. The van der Waals surface area contributed by atoms with Crippen molar-refractivity contribution in [3.05, 3.63) is 22.4 Å². The highest BCUT2D eigenvalue weighted by Crippen LogP contribution is 2.17. The van der Waals surface area contributed by atoms with Gasteiger partial charge in [-0.2, -0.15) is 0 Å². The van der Waals surface area contributed by atoms with Crippen LogP contribution in [0.15, 0.2) is 17.5 Å². The second kappa shape index (κ2) is 4.49. The van der Waals surface area contributed by atoms with E-state index in [-0.39, 0.29) is 12.6 Å². The number of nitrogens with one attached hydrogen (secondary N) is 1. The number of rotatable bonds is 4. The van der Waals surface area contributed by atoms with Crippen molar-refractivity contribution in [2.75, 3.05) is 13.2 Å². The summed E-state index contributed by atoms with van der Waals surface area (Å²) in [6.45, 7) is 3.10. The average Bonchev–Trinajstić information content (AvgIpc) is 2.52. The Kier molecular flexibility index (Phi) is 3.56. The highest BCUT2D eigenvalue weighted by molar-refractivity contribution is 7.10. The van der Waals surface area contributed by atoms with Gasteiger partial charge in [-0.25, -0.2) is 0 Å². The third-order valence-corrected chi connectivity index (χ3v) is 2.51. The minimum absolute atomic E-state index is 0.125. The molecule has 2 nitrogen and oxygen atoms in total. The van der Waals surface area contributed by atoms with Crippen LogP contribution in [0.1, 0.15) is 17.8 Å². The zero-order valence-corrected chi connectivity index (χ0v) is 7.40. The standard InChI is InChI=1S/C8H13NOS/c1-2-9-7(6-10)8-4-3-5-11-8/h3-5,7,9-10H,2,6H2,1H3. The van der Waals surface area contributed by atoms with Gasteiger partial charge in [0, 0.05) is 4.88 Å². The Morgan fingerprint density at radius 2 is 2.55 bits per heavy atom. The van der Waals surface area contributed by atoms with Gasteiger partial charge in [-0.1, -0.05) is 13.0 Å². The van der Waals surface area contributed by atoms with Crippen LogP contribution in [0.5, 0.6) is 0 Å². The van der Waals surface area contributed by atoms with Gasteiger partial charge in [0.05, 0.1) is 12.6 Å². The molecule has 0 saturated heterocycles. The molecule has 1 unspecified atom stereocenters. The predicted molar refractivity (Wildman–Crippen MR) is 47.8 cm³/mol. The van der Waals surface area contributed by atoms with Crippen LogP contribution in [0.25, 0.3) is 0 Å². The van der Waals surface area contributed by atoms with Crippen molar-refractivity contribution >= 4 is 11.3 Å². The van der Waals surface area contributed by atoms with E-state index in [1.165, 1.54) is 4.88 Å². The normalized spacial score (nSPS) is 13.3. The van der Waals surface area contributed by atoms with Crippen LogP contribution >= 0.6 is 11.3 Å². The lowest BCUT2D eigenvalue weighted by molar-refractivity contribution is 0.248. The lowest BCUT2D eigenvalue weighted by Crippen LogP contribution is -2.22. The van der Waals surface area contributed by atoms with E-state index in [4.69, 9.17) is 5.11 Å². The first kappa shape index (κ1) is 8.71. The summed E-state index contributed by atoms with van der Waals surface area (Å²) in [6, 6.07) is 4.16. The van der Waals surface area contributed by atoms with Gasteiger partial charge in [0.2, 0.25) is 0 Å². The number of aliphatic hydroxyl groups excluding tert-OH is 1. The second-order valence-electron chi connectivity index (χ2n) is 2.31. The van der Waals surface area contributed by atoms with E-state index in [9.17, 15) is 0 Å². The fourth-order valence-corrected chi connectivity index (χ4v) is 1.78. The molecule has 1 aromatic heterocycles. The Morgan fingerprint density at radius 3 is 3.00 bits per heavy atom. The van der Waals surface area contributed by atoms with Crippen LogP contribution < -0.4 is 5.32 Å². The smallest absolute Gasteiger partial charge is 0.0649 e. The summed E-state index contributed by atoms with van der Waals surface area (Å²) >= 11 is 1.67. The van der Waals surface area contributed by atoms with Crippen LogP contribution in [0.4, 0.5) is 0 Å².